The van der Waals surface area contributed by atoms with Crippen molar-refractivity contribution < 1.29 is 4.74 Å². The molecule has 0 unspecified atom stereocenters. The summed E-state index contributed by atoms with van der Waals surface area (Å²) in [6.45, 7) is 0. The number of hydrogen-bond acceptors (Lipinski definition) is 4. The van der Waals surface area contributed by atoms with Gasteiger partial charge in [-0.25, -0.2) is 0 Å². The van der Waals surface area contributed by atoms with Gasteiger partial charge in [-0.1, -0.05) is 42.5 Å². The third kappa shape index (κ3) is 3.14. The summed E-state index contributed by atoms with van der Waals surface area (Å²) < 4.78 is 5.29. The fourth-order valence-corrected chi connectivity index (χ4v) is 3.27. The highest BCUT2D eigenvalue weighted by atomic mass is 16.5. The van der Waals surface area contributed by atoms with Gasteiger partial charge in [0.1, 0.15) is 5.75 Å². The van der Waals surface area contributed by atoms with Crippen LogP contribution in [0.3, 0.4) is 0 Å². The van der Waals surface area contributed by atoms with Crippen LogP contribution in [-0.4, -0.2) is 12.8 Å². The summed E-state index contributed by atoms with van der Waals surface area (Å²) in [5.41, 5.74) is 11.1. The topological polar surface area (TPSA) is 50.8 Å². The molecular formula is C22H21N3O. The SMILES string of the molecule is COc1ccc([C@@H]2CC(c3ccccc3)=NN2c2ccc(N)cc2)cc1. The monoisotopic (exact) mass is 343 g/mol. The van der Waals surface area contributed by atoms with Crippen LogP contribution in [0.15, 0.2) is 84.0 Å². The van der Waals surface area contributed by atoms with Crippen molar-refractivity contribution in [3.05, 3.63) is 90.0 Å². The summed E-state index contributed by atoms with van der Waals surface area (Å²) in [4.78, 5) is 0. The van der Waals surface area contributed by atoms with E-state index in [-0.39, 0.29) is 6.04 Å². The zero-order valence-corrected chi connectivity index (χ0v) is 14.7. The smallest absolute Gasteiger partial charge is 0.118 e. The number of nitrogens with two attached hydrogens (primary N) is 1. The van der Waals surface area contributed by atoms with Crippen molar-refractivity contribution >= 4 is 17.1 Å². The van der Waals surface area contributed by atoms with E-state index in [1.54, 1.807) is 7.11 Å². The van der Waals surface area contributed by atoms with Gasteiger partial charge in [-0.2, -0.15) is 5.10 Å². The molecule has 1 aliphatic rings. The van der Waals surface area contributed by atoms with Crippen LogP contribution in [0.4, 0.5) is 11.4 Å². The molecule has 0 amide bonds. The van der Waals surface area contributed by atoms with Gasteiger partial charge >= 0.3 is 0 Å². The fourth-order valence-electron chi connectivity index (χ4n) is 3.27. The van der Waals surface area contributed by atoms with Crippen LogP contribution in [0.25, 0.3) is 0 Å². The van der Waals surface area contributed by atoms with Gasteiger partial charge in [-0.3, -0.25) is 5.01 Å². The number of rotatable bonds is 4. The van der Waals surface area contributed by atoms with Crippen molar-refractivity contribution in [2.75, 3.05) is 17.9 Å². The maximum Gasteiger partial charge on any atom is 0.118 e. The van der Waals surface area contributed by atoms with E-state index in [1.165, 1.54) is 5.56 Å². The molecule has 26 heavy (non-hydrogen) atoms. The molecule has 0 saturated heterocycles. The van der Waals surface area contributed by atoms with Crippen LogP contribution in [0.2, 0.25) is 0 Å². The van der Waals surface area contributed by atoms with Crippen molar-refractivity contribution in [3.63, 3.8) is 0 Å². The number of hydrogen-bond donors (Lipinski definition) is 1. The molecule has 0 aromatic heterocycles. The summed E-state index contributed by atoms with van der Waals surface area (Å²) >= 11 is 0. The van der Waals surface area contributed by atoms with Crippen LogP contribution >= 0.6 is 0 Å². The lowest BCUT2D eigenvalue weighted by atomic mass is 9.98. The molecular weight excluding hydrogens is 322 g/mol. The predicted octanol–water partition coefficient (Wildman–Crippen LogP) is 4.63. The molecule has 0 saturated carbocycles. The first-order valence-electron chi connectivity index (χ1n) is 8.66. The third-order valence-electron chi connectivity index (χ3n) is 4.68. The minimum atomic E-state index is 0.139. The molecule has 3 aromatic carbocycles. The predicted molar refractivity (Wildman–Crippen MR) is 107 cm³/mol. The molecule has 0 radical (unpaired) electrons. The Bertz CT molecular complexity index is 902. The summed E-state index contributed by atoms with van der Waals surface area (Å²) in [6.07, 6.45) is 0.848. The van der Waals surface area contributed by atoms with E-state index in [2.05, 4.69) is 29.3 Å². The highest BCUT2D eigenvalue weighted by molar-refractivity contribution is 6.03. The van der Waals surface area contributed by atoms with E-state index in [9.17, 15) is 0 Å². The molecule has 0 fully saturated rings. The quantitative estimate of drug-likeness (QED) is 0.703. The molecule has 4 rings (SSSR count). The van der Waals surface area contributed by atoms with E-state index >= 15 is 0 Å². The third-order valence-corrected chi connectivity index (χ3v) is 4.68. The number of methoxy groups -OCH3 is 1. The number of hydrazone groups is 1. The fraction of sp³-hybridized carbons (Fsp3) is 0.136. The Kier molecular flexibility index (Phi) is 4.32. The molecule has 4 heteroatoms. The van der Waals surface area contributed by atoms with Gasteiger partial charge in [0, 0.05) is 12.1 Å². The standard InChI is InChI=1S/C22H21N3O/c1-26-20-13-7-17(8-14-20)22-15-21(16-5-3-2-4-6-16)24-25(22)19-11-9-18(23)10-12-19/h2-14,22H,15,23H2,1H3/t22-/m0/s1. The molecule has 130 valence electrons. The summed E-state index contributed by atoms with van der Waals surface area (Å²) in [6, 6.07) is 26.5. The van der Waals surface area contributed by atoms with Gasteiger partial charge < -0.3 is 10.5 Å². The van der Waals surface area contributed by atoms with Gasteiger partial charge in [0.05, 0.1) is 24.6 Å². The van der Waals surface area contributed by atoms with Crippen molar-refractivity contribution in [1.82, 2.24) is 0 Å². The second kappa shape index (κ2) is 6.92. The molecule has 0 bridgehead atoms. The Hall–Kier alpha value is -3.27. The van der Waals surface area contributed by atoms with Gasteiger partial charge in [0.25, 0.3) is 0 Å². The summed E-state index contributed by atoms with van der Waals surface area (Å²) in [5, 5.41) is 7.02. The number of nitrogen functional groups attached to an aromatic ring is 1. The molecule has 3 aromatic rings. The molecule has 0 aliphatic carbocycles. The summed E-state index contributed by atoms with van der Waals surface area (Å²) in [5.74, 6) is 0.856. The van der Waals surface area contributed by atoms with Gasteiger partial charge in [-0.15, -0.1) is 0 Å². The van der Waals surface area contributed by atoms with Crippen LogP contribution < -0.4 is 15.5 Å². The Morgan fingerprint density at radius 1 is 0.923 bits per heavy atom. The highest BCUT2D eigenvalue weighted by Gasteiger charge is 2.29. The largest absolute Gasteiger partial charge is 0.497 e. The second-order valence-corrected chi connectivity index (χ2v) is 6.34. The normalized spacial score (nSPS) is 16.4. The van der Waals surface area contributed by atoms with Crippen molar-refractivity contribution in [2.24, 2.45) is 5.10 Å². The van der Waals surface area contributed by atoms with E-state index in [0.717, 1.165) is 34.8 Å². The molecule has 4 nitrogen and oxygen atoms in total. The van der Waals surface area contributed by atoms with Gasteiger partial charge in [-0.05, 0) is 47.5 Å². The number of nitrogens with zero attached hydrogens (tertiary/aromatic N) is 2. The molecule has 0 spiro atoms. The van der Waals surface area contributed by atoms with Crippen LogP contribution in [0, 0.1) is 0 Å². The maximum absolute atomic E-state index is 5.85. The number of benzene rings is 3. The highest BCUT2D eigenvalue weighted by Crippen LogP contribution is 2.37. The first-order valence-corrected chi connectivity index (χ1v) is 8.66. The lowest BCUT2D eigenvalue weighted by Crippen LogP contribution is -2.18. The van der Waals surface area contributed by atoms with Crippen molar-refractivity contribution in [1.29, 1.82) is 0 Å². The maximum atomic E-state index is 5.85. The van der Waals surface area contributed by atoms with Crippen molar-refractivity contribution in [2.45, 2.75) is 12.5 Å². The first-order chi connectivity index (χ1) is 12.7. The van der Waals surface area contributed by atoms with E-state index in [0.29, 0.717) is 0 Å². The lowest BCUT2D eigenvalue weighted by Gasteiger charge is -2.24. The molecule has 1 heterocycles. The Balaban J connectivity index is 1.72. The van der Waals surface area contributed by atoms with Gasteiger partial charge in [0.2, 0.25) is 0 Å². The minimum absolute atomic E-state index is 0.139. The molecule has 1 atom stereocenters. The summed E-state index contributed by atoms with van der Waals surface area (Å²) in [7, 11) is 1.68. The van der Waals surface area contributed by atoms with E-state index < -0.39 is 0 Å². The second-order valence-electron chi connectivity index (χ2n) is 6.34. The average molecular weight is 343 g/mol. The number of anilines is 2. The number of ether oxygens (including phenoxy) is 1. The van der Waals surface area contributed by atoms with Crippen LogP contribution in [0.5, 0.6) is 5.75 Å². The van der Waals surface area contributed by atoms with E-state index in [4.69, 9.17) is 15.6 Å². The van der Waals surface area contributed by atoms with Crippen LogP contribution in [0.1, 0.15) is 23.6 Å². The Labute approximate surface area is 153 Å². The van der Waals surface area contributed by atoms with Crippen molar-refractivity contribution in [3.8, 4) is 5.75 Å². The first kappa shape index (κ1) is 16.2. The van der Waals surface area contributed by atoms with E-state index in [1.807, 2.05) is 54.6 Å². The average Bonchev–Trinajstić information content (AvgIpc) is 3.15. The lowest BCUT2D eigenvalue weighted by molar-refractivity contribution is 0.414. The zero-order valence-electron chi connectivity index (χ0n) is 14.7. The molecule has 1 aliphatic heterocycles. The van der Waals surface area contributed by atoms with Crippen LogP contribution in [-0.2, 0) is 0 Å². The zero-order chi connectivity index (χ0) is 17.9. The van der Waals surface area contributed by atoms with Gasteiger partial charge in [0.15, 0.2) is 0 Å². The Morgan fingerprint density at radius 3 is 2.27 bits per heavy atom. The Morgan fingerprint density at radius 2 is 1.62 bits per heavy atom. The minimum Gasteiger partial charge on any atom is -0.497 e. The molecule has 2 N–H and O–H groups in total.